The van der Waals surface area contributed by atoms with E-state index < -0.39 is 11.2 Å². The number of carbonyl (C=O) groups is 1. The highest BCUT2D eigenvalue weighted by Gasteiger charge is 2.19. The van der Waals surface area contributed by atoms with Gasteiger partial charge in [-0.15, -0.1) is 0 Å². The monoisotopic (exact) mass is 388 g/mol. The minimum Gasteiger partial charge on any atom is -0.352 e. The summed E-state index contributed by atoms with van der Waals surface area (Å²) in [6.07, 6.45) is 2.25. The molecule has 0 aliphatic heterocycles. The van der Waals surface area contributed by atoms with Gasteiger partial charge in [-0.1, -0.05) is 48.5 Å². The number of amides is 1. The van der Waals surface area contributed by atoms with Gasteiger partial charge in [0.05, 0.1) is 16.8 Å². The van der Waals surface area contributed by atoms with Gasteiger partial charge in [-0.25, -0.2) is 9.36 Å². The first-order valence-electron chi connectivity index (χ1n) is 9.28. The molecule has 0 aliphatic rings. The number of fused-ring (bicyclic) bond motifs is 1. The van der Waals surface area contributed by atoms with Gasteiger partial charge in [-0.05, 0) is 24.1 Å². The molecule has 0 unspecified atom stereocenters. The fraction of sp³-hybridized carbons (Fsp3) is 0.136. The normalized spacial score (nSPS) is 10.9. The van der Waals surface area contributed by atoms with Gasteiger partial charge in [-0.2, -0.15) is 0 Å². The number of aromatic amines is 1. The number of hydrogen-bond donors (Lipinski definition) is 2. The van der Waals surface area contributed by atoms with Crippen LogP contribution >= 0.6 is 0 Å². The van der Waals surface area contributed by atoms with E-state index in [0.717, 1.165) is 10.1 Å². The maximum atomic E-state index is 13.0. The van der Waals surface area contributed by atoms with Crippen molar-refractivity contribution in [3.63, 3.8) is 0 Å². The lowest BCUT2D eigenvalue weighted by Gasteiger charge is -2.06. The second kappa shape index (κ2) is 7.63. The Hall–Kier alpha value is -3.87. The third-order valence-corrected chi connectivity index (χ3v) is 4.82. The van der Waals surface area contributed by atoms with Crippen LogP contribution < -0.4 is 16.6 Å². The number of benzene rings is 2. The first-order valence-corrected chi connectivity index (χ1v) is 9.28. The van der Waals surface area contributed by atoms with Gasteiger partial charge < -0.3 is 14.9 Å². The highest BCUT2D eigenvalue weighted by atomic mass is 16.2. The van der Waals surface area contributed by atoms with Crippen LogP contribution in [-0.2, 0) is 13.5 Å². The van der Waals surface area contributed by atoms with Crippen LogP contribution in [0, 0.1) is 0 Å². The van der Waals surface area contributed by atoms with E-state index in [2.05, 4.69) is 10.3 Å². The topological polar surface area (TPSA) is 88.9 Å². The third kappa shape index (κ3) is 3.50. The van der Waals surface area contributed by atoms with Gasteiger partial charge in [0.25, 0.3) is 11.5 Å². The quantitative estimate of drug-likeness (QED) is 0.548. The van der Waals surface area contributed by atoms with Gasteiger partial charge >= 0.3 is 5.69 Å². The van der Waals surface area contributed by atoms with E-state index in [0.29, 0.717) is 18.7 Å². The van der Waals surface area contributed by atoms with Crippen molar-refractivity contribution < 1.29 is 4.79 Å². The Morgan fingerprint density at radius 2 is 1.66 bits per heavy atom. The molecule has 0 radical (unpaired) electrons. The number of aromatic nitrogens is 3. The SMILES string of the molecule is Cn1cc(C(=O)NCCc2ccccc2)c2[nH]c(=O)n(-c3ccccc3)c(=O)c21. The second-order valence-electron chi connectivity index (χ2n) is 6.78. The number of carbonyl (C=O) groups excluding carboxylic acids is 1. The Bertz CT molecular complexity index is 1280. The molecular formula is C22H20N4O3. The lowest BCUT2D eigenvalue weighted by atomic mass is 10.1. The number of rotatable bonds is 5. The van der Waals surface area contributed by atoms with Crippen LogP contribution in [0.25, 0.3) is 16.7 Å². The van der Waals surface area contributed by atoms with Crippen LogP contribution in [0.3, 0.4) is 0 Å². The van der Waals surface area contributed by atoms with E-state index in [1.54, 1.807) is 42.1 Å². The van der Waals surface area contributed by atoms with Crippen molar-refractivity contribution in [3.8, 4) is 5.69 Å². The van der Waals surface area contributed by atoms with Crippen molar-refractivity contribution in [1.29, 1.82) is 0 Å². The van der Waals surface area contributed by atoms with Crippen LogP contribution in [-0.4, -0.2) is 26.6 Å². The molecule has 2 aromatic heterocycles. The van der Waals surface area contributed by atoms with E-state index in [1.807, 2.05) is 36.4 Å². The molecule has 146 valence electrons. The summed E-state index contributed by atoms with van der Waals surface area (Å²) in [6.45, 7) is 0.449. The average Bonchev–Trinajstić information content (AvgIpc) is 3.06. The van der Waals surface area contributed by atoms with E-state index in [4.69, 9.17) is 0 Å². The van der Waals surface area contributed by atoms with Crippen LogP contribution in [0.4, 0.5) is 0 Å². The summed E-state index contributed by atoms with van der Waals surface area (Å²) in [5, 5.41) is 2.85. The van der Waals surface area contributed by atoms with Crippen molar-refractivity contribution in [2.45, 2.75) is 6.42 Å². The van der Waals surface area contributed by atoms with Crippen LogP contribution in [0.15, 0.2) is 76.4 Å². The van der Waals surface area contributed by atoms with Crippen molar-refractivity contribution in [3.05, 3.63) is 98.8 Å². The number of nitrogens with zero attached hydrogens (tertiary/aromatic N) is 2. The molecule has 7 heteroatoms. The van der Waals surface area contributed by atoms with Gasteiger partial charge in [0.1, 0.15) is 5.52 Å². The fourth-order valence-electron chi connectivity index (χ4n) is 3.42. The third-order valence-electron chi connectivity index (χ3n) is 4.82. The number of hydrogen-bond acceptors (Lipinski definition) is 3. The van der Waals surface area contributed by atoms with E-state index in [1.165, 1.54) is 0 Å². The van der Waals surface area contributed by atoms with Gasteiger partial charge in [0, 0.05) is 19.8 Å². The summed E-state index contributed by atoms with van der Waals surface area (Å²) in [6, 6.07) is 18.5. The molecule has 0 saturated heterocycles. The molecule has 0 saturated carbocycles. The first-order chi connectivity index (χ1) is 14.1. The lowest BCUT2D eigenvalue weighted by molar-refractivity contribution is 0.0955. The molecule has 7 nitrogen and oxygen atoms in total. The van der Waals surface area contributed by atoms with Crippen LogP contribution in [0.1, 0.15) is 15.9 Å². The standard InChI is InChI=1S/C22H20N4O3/c1-25-14-17(20(27)23-13-12-15-8-4-2-5-9-15)18-19(25)21(28)26(22(29)24-18)16-10-6-3-7-11-16/h2-11,14H,12-13H2,1H3,(H,23,27)(H,24,29). The van der Waals surface area contributed by atoms with E-state index in [-0.39, 0.29) is 22.5 Å². The highest BCUT2D eigenvalue weighted by Crippen LogP contribution is 2.15. The maximum absolute atomic E-state index is 13.0. The predicted octanol–water partition coefficient (Wildman–Crippen LogP) is 1.99. The lowest BCUT2D eigenvalue weighted by Crippen LogP contribution is -2.34. The molecule has 2 N–H and O–H groups in total. The van der Waals surface area contributed by atoms with Crippen molar-refractivity contribution >= 4 is 16.9 Å². The summed E-state index contributed by atoms with van der Waals surface area (Å²) < 4.78 is 2.64. The molecule has 4 aromatic rings. The Balaban J connectivity index is 1.67. The molecule has 0 spiro atoms. The molecular weight excluding hydrogens is 368 g/mol. The van der Waals surface area contributed by atoms with Crippen LogP contribution in [0.2, 0.25) is 0 Å². The van der Waals surface area contributed by atoms with Gasteiger partial charge in [0.15, 0.2) is 0 Å². The molecule has 2 heterocycles. The first kappa shape index (κ1) is 18.5. The van der Waals surface area contributed by atoms with Crippen molar-refractivity contribution in [1.82, 2.24) is 19.4 Å². The molecule has 0 bridgehead atoms. The summed E-state index contributed by atoms with van der Waals surface area (Å²) >= 11 is 0. The molecule has 29 heavy (non-hydrogen) atoms. The zero-order chi connectivity index (χ0) is 20.4. The number of H-pyrrole nitrogens is 1. The van der Waals surface area contributed by atoms with Gasteiger partial charge in [0.2, 0.25) is 0 Å². The Kier molecular flexibility index (Phi) is 4.87. The van der Waals surface area contributed by atoms with E-state index >= 15 is 0 Å². The summed E-state index contributed by atoms with van der Waals surface area (Å²) in [5.41, 5.74) is 1.30. The highest BCUT2D eigenvalue weighted by molar-refractivity contribution is 6.05. The molecule has 2 aromatic carbocycles. The van der Waals surface area contributed by atoms with Gasteiger partial charge in [-0.3, -0.25) is 9.59 Å². The average molecular weight is 388 g/mol. The van der Waals surface area contributed by atoms with Crippen LogP contribution in [0.5, 0.6) is 0 Å². The largest absolute Gasteiger partial charge is 0.352 e. The number of nitrogens with one attached hydrogen (secondary N) is 2. The maximum Gasteiger partial charge on any atom is 0.333 e. The Morgan fingerprint density at radius 1 is 1.00 bits per heavy atom. The van der Waals surface area contributed by atoms with E-state index in [9.17, 15) is 14.4 Å². The second-order valence-corrected chi connectivity index (χ2v) is 6.78. The summed E-state index contributed by atoms with van der Waals surface area (Å²) in [5.74, 6) is -0.334. The number of para-hydroxylation sites is 1. The molecule has 0 fully saturated rings. The Morgan fingerprint density at radius 3 is 2.34 bits per heavy atom. The minimum absolute atomic E-state index is 0.242. The fourth-order valence-corrected chi connectivity index (χ4v) is 3.42. The zero-order valence-corrected chi connectivity index (χ0v) is 15.9. The Labute approximate surface area is 166 Å². The summed E-state index contributed by atoms with van der Waals surface area (Å²) in [4.78, 5) is 41.0. The predicted molar refractivity (Wildman–Crippen MR) is 112 cm³/mol. The van der Waals surface area contributed by atoms with Crippen molar-refractivity contribution in [2.75, 3.05) is 6.54 Å². The molecule has 1 amide bonds. The minimum atomic E-state index is -0.585. The summed E-state index contributed by atoms with van der Waals surface area (Å²) in [7, 11) is 1.68. The van der Waals surface area contributed by atoms with Crippen molar-refractivity contribution in [2.24, 2.45) is 7.05 Å². The molecule has 0 atom stereocenters. The molecule has 4 rings (SSSR count). The number of aryl methyl sites for hydroxylation is 1. The molecule has 0 aliphatic carbocycles. The smallest absolute Gasteiger partial charge is 0.333 e. The zero-order valence-electron chi connectivity index (χ0n) is 15.9.